The molecule has 0 aromatic carbocycles. The van der Waals surface area contributed by atoms with Crippen LogP contribution in [0.4, 0.5) is 13.2 Å². The van der Waals surface area contributed by atoms with Crippen molar-refractivity contribution >= 4 is 17.7 Å². The third kappa shape index (κ3) is 18.2. The molecule has 0 spiro atoms. The molecule has 9 heteroatoms. The Morgan fingerprint density at radius 2 is 1.77 bits per heavy atom. The summed E-state index contributed by atoms with van der Waals surface area (Å²) in [5.74, 6) is -3.63. The molecule has 0 aliphatic rings. The Morgan fingerprint density at radius 3 is 2.23 bits per heavy atom. The van der Waals surface area contributed by atoms with Crippen molar-refractivity contribution in [3.63, 3.8) is 0 Å². The van der Waals surface area contributed by atoms with Gasteiger partial charge in [0.15, 0.2) is 0 Å². The first kappa shape index (κ1) is 26.1. The minimum Gasteiger partial charge on any atom is -0.542 e. The van der Waals surface area contributed by atoms with Gasteiger partial charge in [-0.05, 0) is 18.9 Å². The zero-order valence-electron chi connectivity index (χ0n) is 15.0. The highest BCUT2D eigenvalue weighted by Gasteiger charge is 2.28. The number of hydrogen-bond acceptors (Lipinski definition) is 5. The third-order valence-corrected chi connectivity index (χ3v) is 2.90. The fourth-order valence-electron chi connectivity index (χ4n) is 1.57. The van der Waals surface area contributed by atoms with E-state index in [9.17, 15) is 22.8 Å². The number of ether oxygens (including phenoxy) is 1. The summed E-state index contributed by atoms with van der Waals surface area (Å²) in [5, 5.41) is 8.78. The standard InChI is InChI=1S/C15H25NO3.C2HF3O2/c1-3-4-5-6-7-8-9-10-13(16)11-14(17)12-15(18)19-2;3-2(4,5)1(6)7/h7-10,13H,3-6,11-12,16H2,1-2H3;(H,6,7)/b8-7+,10-9+;/t13-;/m0./s1. The molecule has 0 aromatic rings. The molecule has 0 aliphatic heterocycles. The number of ketones is 1. The number of halogens is 3. The van der Waals surface area contributed by atoms with E-state index in [4.69, 9.17) is 9.90 Å². The number of carboxylic acid groups (broad SMARTS) is 1. The van der Waals surface area contributed by atoms with Crippen molar-refractivity contribution in [2.75, 3.05) is 7.11 Å². The zero-order valence-corrected chi connectivity index (χ0v) is 15.0. The van der Waals surface area contributed by atoms with Crippen LogP contribution in [0.1, 0.15) is 45.4 Å². The van der Waals surface area contributed by atoms with Crippen LogP contribution in [0.15, 0.2) is 24.3 Å². The van der Waals surface area contributed by atoms with Crippen LogP contribution in [0.3, 0.4) is 0 Å². The second-order valence-corrected chi connectivity index (χ2v) is 5.35. The summed E-state index contributed by atoms with van der Waals surface area (Å²) in [4.78, 5) is 31.1. The summed E-state index contributed by atoms with van der Waals surface area (Å²) in [5.41, 5.74) is 3.86. The van der Waals surface area contributed by atoms with Crippen molar-refractivity contribution in [2.24, 2.45) is 0 Å². The van der Waals surface area contributed by atoms with E-state index < -0.39 is 18.1 Å². The van der Waals surface area contributed by atoms with Crippen molar-refractivity contribution in [3.05, 3.63) is 24.3 Å². The molecule has 0 radical (unpaired) electrons. The number of allylic oxidation sites excluding steroid dienone is 3. The molecule has 26 heavy (non-hydrogen) atoms. The van der Waals surface area contributed by atoms with E-state index in [1.54, 1.807) is 0 Å². The van der Waals surface area contributed by atoms with Crippen LogP contribution in [0.5, 0.6) is 0 Å². The van der Waals surface area contributed by atoms with E-state index >= 15 is 0 Å². The quantitative estimate of drug-likeness (QED) is 0.264. The fourth-order valence-corrected chi connectivity index (χ4v) is 1.57. The van der Waals surface area contributed by atoms with Gasteiger partial charge in [0.1, 0.15) is 24.2 Å². The molecule has 0 bridgehead atoms. The molecule has 0 saturated carbocycles. The zero-order chi connectivity index (χ0) is 20.6. The van der Waals surface area contributed by atoms with Crippen LogP contribution in [-0.2, 0) is 19.1 Å². The van der Waals surface area contributed by atoms with Gasteiger partial charge in [-0.2, -0.15) is 13.2 Å². The van der Waals surface area contributed by atoms with Gasteiger partial charge >= 0.3 is 12.1 Å². The highest BCUT2D eigenvalue weighted by atomic mass is 19.4. The number of unbranched alkanes of at least 4 members (excludes halogenated alkanes) is 3. The van der Waals surface area contributed by atoms with Gasteiger partial charge in [-0.25, -0.2) is 0 Å². The Morgan fingerprint density at radius 1 is 1.19 bits per heavy atom. The molecular weight excluding hydrogens is 355 g/mol. The topological polar surface area (TPSA) is 111 Å². The van der Waals surface area contributed by atoms with Gasteiger partial charge in [0, 0.05) is 0 Å². The van der Waals surface area contributed by atoms with Gasteiger partial charge in [0.05, 0.1) is 13.5 Å². The van der Waals surface area contributed by atoms with Crippen molar-refractivity contribution in [1.29, 1.82) is 0 Å². The number of quaternary nitrogens is 1. The smallest absolute Gasteiger partial charge is 0.430 e. The van der Waals surface area contributed by atoms with E-state index in [2.05, 4.69) is 23.5 Å². The van der Waals surface area contributed by atoms with Gasteiger partial charge in [-0.1, -0.05) is 38.0 Å². The molecule has 0 amide bonds. The lowest BCUT2D eigenvalue weighted by Gasteiger charge is -2.03. The number of methoxy groups -OCH3 is 1. The number of carboxylic acids is 1. The number of rotatable bonds is 10. The van der Waals surface area contributed by atoms with Gasteiger partial charge in [0.25, 0.3) is 0 Å². The number of hydrogen-bond donors (Lipinski definition) is 1. The van der Waals surface area contributed by atoms with E-state index in [0.29, 0.717) is 0 Å². The second kappa shape index (κ2) is 15.1. The van der Waals surface area contributed by atoms with Crippen LogP contribution in [0.2, 0.25) is 0 Å². The molecule has 0 aliphatic carbocycles. The molecule has 0 saturated heterocycles. The monoisotopic (exact) mass is 381 g/mol. The number of aliphatic carboxylic acids is 1. The summed E-state index contributed by atoms with van der Waals surface area (Å²) in [6, 6.07) is -0.0996. The van der Waals surface area contributed by atoms with E-state index in [1.807, 2.05) is 18.2 Å². The maximum Gasteiger partial charge on any atom is 0.430 e. The van der Waals surface area contributed by atoms with Crippen LogP contribution < -0.4 is 10.8 Å². The average Bonchev–Trinajstić information content (AvgIpc) is 2.53. The van der Waals surface area contributed by atoms with Crippen LogP contribution >= 0.6 is 0 Å². The SMILES string of the molecule is CCCCC/C=C/C=C/[C@H]([NH3+])CC(=O)CC(=O)OC.O=C([O-])C(F)(F)F. The molecule has 1 atom stereocenters. The van der Waals surface area contributed by atoms with Crippen LogP contribution in [0, 0.1) is 0 Å². The Hall–Kier alpha value is -2.16. The van der Waals surface area contributed by atoms with Gasteiger partial charge in [-0.3, -0.25) is 9.59 Å². The predicted octanol–water partition coefficient (Wildman–Crippen LogP) is 1.11. The number of carbonyl (C=O) groups excluding carboxylic acids is 3. The molecule has 0 fully saturated rings. The molecule has 0 unspecified atom stereocenters. The lowest BCUT2D eigenvalue weighted by atomic mass is 10.1. The molecule has 0 rings (SSSR count). The summed E-state index contributed by atoms with van der Waals surface area (Å²) in [6.45, 7) is 2.18. The molecule has 0 heterocycles. The van der Waals surface area contributed by atoms with Crippen molar-refractivity contribution in [1.82, 2.24) is 0 Å². The van der Waals surface area contributed by atoms with E-state index in [-0.39, 0.29) is 24.7 Å². The van der Waals surface area contributed by atoms with E-state index in [1.165, 1.54) is 26.4 Å². The largest absolute Gasteiger partial charge is 0.542 e. The Balaban J connectivity index is 0. The summed E-state index contributed by atoms with van der Waals surface area (Å²) >= 11 is 0. The van der Waals surface area contributed by atoms with Gasteiger partial charge in [0.2, 0.25) is 0 Å². The molecule has 0 aromatic heterocycles. The third-order valence-electron chi connectivity index (χ3n) is 2.90. The number of Topliss-reactive ketones (excluding diaryl/α,β-unsaturated/α-hetero) is 1. The Kier molecular flexibility index (Phi) is 15.2. The Labute approximate surface area is 150 Å². The first-order valence-electron chi connectivity index (χ1n) is 8.07. The minimum absolute atomic E-state index is 0.0996. The second-order valence-electron chi connectivity index (χ2n) is 5.35. The fraction of sp³-hybridized carbons (Fsp3) is 0.588. The normalized spacial score (nSPS) is 12.5. The lowest BCUT2D eigenvalue weighted by molar-refractivity contribution is -0.401. The van der Waals surface area contributed by atoms with E-state index in [0.717, 1.165) is 6.42 Å². The summed E-state index contributed by atoms with van der Waals surface area (Å²) in [7, 11) is 1.28. The van der Waals surface area contributed by atoms with Crippen LogP contribution in [0.25, 0.3) is 0 Å². The first-order chi connectivity index (χ1) is 12.0. The van der Waals surface area contributed by atoms with Crippen LogP contribution in [-0.4, -0.2) is 37.0 Å². The predicted molar refractivity (Wildman–Crippen MR) is 86.4 cm³/mol. The minimum atomic E-state index is -5.19. The molecule has 150 valence electrons. The summed E-state index contributed by atoms with van der Waals surface area (Å²) < 4.78 is 36.0. The number of carbonyl (C=O) groups is 3. The van der Waals surface area contributed by atoms with Crippen molar-refractivity contribution in [2.45, 2.75) is 57.7 Å². The highest BCUT2D eigenvalue weighted by molar-refractivity contribution is 5.95. The van der Waals surface area contributed by atoms with Crippen molar-refractivity contribution in [3.8, 4) is 0 Å². The number of alkyl halides is 3. The molecule has 3 N–H and O–H groups in total. The van der Waals surface area contributed by atoms with Gasteiger partial charge < -0.3 is 20.4 Å². The molecular formula is C17H26F3NO5. The lowest BCUT2D eigenvalue weighted by Crippen LogP contribution is -2.60. The first-order valence-corrected chi connectivity index (χ1v) is 8.07. The summed E-state index contributed by atoms with van der Waals surface area (Å²) in [6.07, 6.45) is 7.60. The average molecular weight is 381 g/mol. The highest BCUT2D eigenvalue weighted by Crippen LogP contribution is 2.11. The maximum atomic E-state index is 11.4. The number of esters is 1. The maximum absolute atomic E-state index is 11.4. The van der Waals surface area contributed by atoms with Gasteiger partial charge in [-0.15, -0.1) is 0 Å². The molecule has 6 nitrogen and oxygen atoms in total. The van der Waals surface area contributed by atoms with Crippen molar-refractivity contribution < 1.29 is 43.1 Å². The Bertz CT molecular complexity index is 487.